The Morgan fingerprint density at radius 2 is 1.78 bits per heavy atom. The predicted molar refractivity (Wildman–Crippen MR) is 141 cm³/mol. The second-order valence-electron chi connectivity index (χ2n) is 8.95. The number of nitro benzene ring substituents is 1. The zero-order valence-electron chi connectivity index (χ0n) is 21.7. The molecule has 202 valence electrons. The number of methoxy groups -OCH3 is 1. The van der Waals surface area contributed by atoms with E-state index in [4.69, 9.17) is 4.74 Å². The van der Waals surface area contributed by atoms with Gasteiger partial charge in [0.05, 0.1) is 18.3 Å². The molecule has 1 atom stereocenters. The van der Waals surface area contributed by atoms with E-state index in [1.54, 1.807) is 31.2 Å². The van der Waals surface area contributed by atoms with Crippen molar-refractivity contribution in [2.24, 2.45) is 5.92 Å². The molecule has 0 aromatic heterocycles. The minimum atomic E-state index is -4.09. The van der Waals surface area contributed by atoms with Gasteiger partial charge >= 0.3 is 0 Å². The van der Waals surface area contributed by atoms with Crippen molar-refractivity contribution in [1.29, 1.82) is 0 Å². The summed E-state index contributed by atoms with van der Waals surface area (Å²) in [7, 11) is -2.79. The predicted octanol–water partition coefficient (Wildman–Crippen LogP) is 2.95. The van der Waals surface area contributed by atoms with Crippen molar-refractivity contribution in [3.05, 3.63) is 64.2 Å². The summed E-state index contributed by atoms with van der Waals surface area (Å²) in [5.41, 5.74) is 0.242. The van der Waals surface area contributed by atoms with E-state index in [0.29, 0.717) is 13.0 Å². The van der Waals surface area contributed by atoms with Crippen LogP contribution in [-0.4, -0.2) is 62.6 Å². The Kier molecular flexibility index (Phi) is 10.4. The van der Waals surface area contributed by atoms with Crippen LogP contribution < -0.4 is 14.4 Å². The van der Waals surface area contributed by atoms with Crippen LogP contribution in [0.3, 0.4) is 0 Å². The van der Waals surface area contributed by atoms with Gasteiger partial charge in [-0.3, -0.25) is 24.0 Å². The maximum absolute atomic E-state index is 13.7. The van der Waals surface area contributed by atoms with E-state index in [9.17, 15) is 28.1 Å². The first kappa shape index (κ1) is 29.6. The Hall–Kier alpha value is -3.67. The fraction of sp³-hybridized carbons (Fsp3) is 0.440. The van der Waals surface area contributed by atoms with Crippen molar-refractivity contribution in [2.45, 2.75) is 39.8 Å². The lowest BCUT2D eigenvalue weighted by atomic mass is 10.1. The highest BCUT2D eigenvalue weighted by Gasteiger charge is 2.33. The highest BCUT2D eigenvalue weighted by Crippen LogP contribution is 2.34. The molecule has 0 aliphatic heterocycles. The van der Waals surface area contributed by atoms with E-state index in [1.165, 1.54) is 24.1 Å². The van der Waals surface area contributed by atoms with Gasteiger partial charge < -0.3 is 15.0 Å². The molecule has 0 spiro atoms. The maximum atomic E-state index is 13.7. The van der Waals surface area contributed by atoms with Gasteiger partial charge in [0.15, 0.2) is 0 Å². The van der Waals surface area contributed by atoms with Gasteiger partial charge in [-0.2, -0.15) is 0 Å². The minimum absolute atomic E-state index is 0.0418. The molecule has 0 radical (unpaired) electrons. The number of benzene rings is 2. The Balaban J connectivity index is 2.52. The van der Waals surface area contributed by atoms with E-state index >= 15 is 0 Å². The number of nitro groups is 1. The molecule has 37 heavy (non-hydrogen) atoms. The third-order valence-electron chi connectivity index (χ3n) is 5.59. The van der Waals surface area contributed by atoms with Crippen LogP contribution in [0.4, 0.5) is 11.4 Å². The molecule has 0 unspecified atom stereocenters. The third-order valence-corrected chi connectivity index (χ3v) is 6.71. The number of ether oxygens (including phenoxy) is 1. The molecular weight excluding hydrogens is 500 g/mol. The number of carbonyl (C=O) groups is 2. The number of hydrogen-bond donors (Lipinski definition) is 1. The van der Waals surface area contributed by atoms with Crippen LogP contribution in [0.1, 0.15) is 32.8 Å². The number of sulfonamides is 1. The van der Waals surface area contributed by atoms with Crippen molar-refractivity contribution in [1.82, 2.24) is 10.2 Å². The molecular formula is C25H34N4O7S. The second-order valence-corrected chi connectivity index (χ2v) is 10.9. The van der Waals surface area contributed by atoms with Crippen LogP contribution >= 0.6 is 0 Å². The number of nitrogens with one attached hydrogen (secondary N) is 1. The third kappa shape index (κ3) is 8.17. The summed E-state index contributed by atoms with van der Waals surface area (Å²) in [4.78, 5) is 38.8. The molecule has 0 fully saturated rings. The first-order chi connectivity index (χ1) is 17.4. The van der Waals surface area contributed by atoms with Gasteiger partial charge in [-0.1, -0.05) is 51.1 Å². The standard InChI is InChI=1S/C25H34N4O7S/c1-6-21(25(31)26-15-18(2)3)27(16-19-10-8-7-9-11-19)24(30)17-28(37(5,34)35)22-14-20(29(32)33)12-13-23(22)36-4/h7-14,18,21H,6,15-17H2,1-5H3,(H,26,31)/t21-/m0/s1. The smallest absolute Gasteiger partial charge is 0.271 e. The van der Waals surface area contributed by atoms with Crippen molar-refractivity contribution >= 4 is 33.2 Å². The van der Waals surface area contributed by atoms with E-state index in [1.807, 2.05) is 19.9 Å². The normalized spacial score (nSPS) is 12.1. The molecule has 0 heterocycles. The largest absolute Gasteiger partial charge is 0.495 e. The number of nitrogens with zero attached hydrogens (tertiary/aromatic N) is 3. The SMILES string of the molecule is CC[C@@H](C(=O)NCC(C)C)N(Cc1ccccc1)C(=O)CN(c1cc([N+](=O)[O-])ccc1OC)S(C)(=O)=O. The minimum Gasteiger partial charge on any atom is -0.495 e. The van der Waals surface area contributed by atoms with Crippen LogP contribution in [0.5, 0.6) is 5.75 Å². The molecule has 0 saturated heterocycles. The molecule has 1 N–H and O–H groups in total. The fourth-order valence-corrected chi connectivity index (χ4v) is 4.55. The molecule has 2 aromatic rings. The van der Waals surface area contributed by atoms with E-state index in [2.05, 4.69) is 5.32 Å². The molecule has 12 heteroatoms. The Bertz CT molecular complexity index is 1200. The number of amides is 2. The average Bonchev–Trinajstić information content (AvgIpc) is 2.85. The summed E-state index contributed by atoms with van der Waals surface area (Å²) < 4.78 is 31.6. The molecule has 11 nitrogen and oxygen atoms in total. The molecule has 0 saturated carbocycles. The first-order valence-electron chi connectivity index (χ1n) is 11.8. The fourth-order valence-electron chi connectivity index (χ4n) is 3.70. The van der Waals surface area contributed by atoms with Crippen LogP contribution in [0.15, 0.2) is 48.5 Å². The lowest BCUT2D eigenvalue weighted by Crippen LogP contribution is -2.52. The lowest BCUT2D eigenvalue weighted by molar-refractivity contribution is -0.384. The molecule has 0 aliphatic carbocycles. The van der Waals surface area contributed by atoms with Gasteiger partial charge in [0.25, 0.3) is 5.69 Å². The summed E-state index contributed by atoms with van der Waals surface area (Å²) in [5, 5.41) is 14.2. The molecule has 0 bridgehead atoms. The Morgan fingerprint density at radius 1 is 1.14 bits per heavy atom. The quantitative estimate of drug-likeness (QED) is 0.308. The molecule has 0 aliphatic rings. The number of carbonyl (C=O) groups excluding carboxylic acids is 2. The number of non-ortho nitro benzene ring substituents is 1. The summed E-state index contributed by atoms with van der Waals surface area (Å²) >= 11 is 0. The molecule has 2 amide bonds. The van der Waals surface area contributed by atoms with E-state index < -0.39 is 33.4 Å². The summed E-state index contributed by atoms with van der Waals surface area (Å²) in [6, 6.07) is 11.7. The lowest BCUT2D eigenvalue weighted by Gasteiger charge is -2.33. The van der Waals surface area contributed by atoms with Crippen molar-refractivity contribution < 1.29 is 27.7 Å². The summed E-state index contributed by atoms with van der Waals surface area (Å²) in [5.74, 6) is -0.754. The van der Waals surface area contributed by atoms with Gasteiger partial charge in [-0.15, -0.1) is 0 Å². The van der Waals surface area contributed by atoms with Crippen molar-refractivity contribution in [3.63, 3.8) is 0 Å². The number of hydrogen-bond acceptors (Lipinski definition) is 7. The maximum Gasteiger partial charge on any atom is 0.271 e. The van der Waals surface area contributed by atoms with Gasteiger partial charge in [-0.25, -0.2) is 8.42 Å². The molecule has 2 rings (SSSR count). The monoisotopic (exact) mass is 534 g/mol. The van der Waals surface area contributed by atoms with Crippen LogP contribution in [-0.2, 0) is 26.2 Å². The van der Waals surface area contributed by atoms with E-state index in [0.717, 1.165) is 22.2 Å². The van der Waals surface area contributed by atoms with Gasteiger partial charge in [0, 0.05) is 25.2 Å². The van der Waals surface area contributed by atoms with Crippen LogP contribution in [0, 0.1) is 16.0 Å². The Morgan fingerprint density at radius 3 is 2.30 bits per heavy atom. The van der Waals surface area contributed by atoms with Crippen molar-refractivity contribution in [2.75, 3.05) is 30.8 Å². The van der Waals surface area contributed by atoms with Crippen LogP contribution in [0.2, 0.25) is 0 Å². The number of anilines is 1. The van der Waals surface area contributed by atoms with Gasteiger partial charge in [0.2, 0.25) is 21.8 Å². The molecule has 2 aromatic carbocycles. The highest BCUT2D eigenvalue weighted by molar-refractivity contribution is 7.92. The summed E-state index contributed by atoms with van der Waals surface area (Å²) in [6.45, 7) is 5.47. The topological polar surface area (TPSA) is 139 Å². The highest BCUT2D eigenvalue weighted by atomic mass is 32.2. The zero-order valence-corrected chi connectivity index (χ0v) is 22.5. The van der Waals surface area contributed by atoms with Gasteiger partial charge in [0.1, 0.15) is 24.0 Å². The summed E-state index contributed by atoms with van der Waals surface area (Å²) in [6.07, 6.45) is 1.19. The van der Waals surface area contributed by atoms with E-state index in [-0.39, 0.29) is 35.5 Å². The number of rotatable bonds is 13. The van der Waals surface area contributed by atoms with Gasteiger partial charge in [-0.05, 0) is 24.0 Å². The average molecular weight is 535 g/mol. The van der Waals surface area contributed by atoms with Crippen molar-refractivity contribution in [3.8, 4) is 5.75 Å². The second kappa shape index (κ2) is 13.0. The van der Waals surface area contributed by atoms with Crippen LogP contribution in [0.25, 0.3) is 0 Å². The first-order valence-corrected chi connectivity index (χ1v) is 13.6. The Labute approximate surface area is 217 Å². The zero-order chi connectivity index (χ0) is 27.8.